The fourth-order valence-electron chi connectivity index (χ4n) is 0.710. The van der Waals surface area contributed by atoms with Crippen LogP contribution in [0.5, 0.6) is 0 Å². The zero-order chi connectivity index (χ0) is 7.68. The number of nitrogens with zero attached hydrogens (tertiary/aromatic N) is 2. The summed E-state index contributed by atoms with van der Waals surface area (Å²) >= 11 is 4.91. The van der Waals surface area contributed by atoms with E-state index in [9.17, 15) is 0 Å². The largest absolute Gasteiger partial charge is 0.423 e. The van der Waals surface area contributed by atoms with E-state index in [1.54, 1.807) is 11.3 Å². The molecule has 0 saturated carbocycles. The van der Waals surface area contributed by atoms with Gasteiger partial charge in [0.15, 0.2) is 0 Å². The highest BCUT2D eigenvalue weighted by atomic mass is 79.9. The van der Waals surface area contributed by atoms with Crippen molar-refractivity contribution in [2.24, 2.45) is 0 Å². The summed E-state index contributed by atoms with van der Waals surface area (Å²) in [5, 5.41) is 7.36. The van der Waals surface area contributed by atoms with Crippen molar-refractivity contribution >= 4 is 27.3 Å². The predicted molar refractivity (Wildman–Crippen MR) is 45.3 cm³/mol. The first-order valence-electron chi connectivity index (χ1n) is 2.88. The van der Waals surface area contributed by atoms with Crippen LogP contribution in [0.15, 0.2) is 26.7 Å². The monoisotopic (exact) mass is 230 g/mol. The molecule has 0 atom stereocenters. The summed E-state index contributed by atoms with van der Waals surface area (Å²) in [4.78, 5) is 0.981. The molecule has 5 heteroatoms. The molecule has 2 rings (SSSR count). The highest BCUT2D eigenvalue weighted by Gasteiger charge is 2.04. The second kappa shape index (κ2) is 2.75. The Labute approximate surface area is 75.2 Å². The number of halogens is 1. The Hall–Kier alpha value is -0.680. The van der Waals surface area contributed by atoms with Crippen LogP contribution in [0.3, 0.4) is 0 Å². The number of aromatic nitrogens is 2. The van der Waals surface area contributed by atoms with Crippen LogP contribution >= 0.6 is 27.3 Å². The molecule has 3 nitrogen and oxygen atoms in total. The molecule has 0 spiro atoms. The normalized spacial score (nSPS) is 10.3. The van der Waals surface area contributed by atoms with E-state index < -0.39 is 0 Å². The van der Waals surface area contributed by atoms with E-state index >= 15 is 0 Å². The summed E-state index contributed by atoms with van der Waals surface area (Å²) in [6.45, 7) is 0. The van der Waals surface area contributed by atoms with E-state index in [-0.39, 0.29) is 0 Å². The van der Waals surface area contributed by atoms with E-state index in [1.165, 1.54) is 6.39 Å². The molecular weight excluding hydrogens is 228 g/mol. The fourth-order valence-corrected chi connectivity index (χ4v) is 2.02. The topological polar surface area (TPSA) is 38.9 Å². The van der Waals surface area contributed by atoms with Crippen LogP contribution in [0.2, 0.25) is 0 Å². The maximum absolute atomic E-state index is 5.00. The third kappa shape index (κ3) is 1.34. The number of hydrogen-bond acceptors (Lipinski definition) is 4. The molecule has 0 aliphatic carbocycles. The molecule has 0 fully saturated rings. The maximum Gasteiger partial charge on any atom is 0.257 e. The molecule has 2 aromatic heterocycles. The van der Waals surface area contributed by atoms with Gasteiger partial charge in [0.2, 0.25) is 6.39 Å². The molecule has 0 aromatic carbocycles. The Morgan fingerprint density at radius 2 is 2.36 bits per heavy atom. The Balaban J connectivity index is 2.45. The van der Waals surface area contributed by atoms with E-state index in [0.717, 1.165) is 8.66 Å². The molecule has 0 aliphatic heterocycles. The Morgan fingerprint density at radius 1 is 1.45 bits per heavy atom. The van der Waals surface area contributed by atoms with Crippen LogP contribution in [-0.2, 0) is 0 Å². The molecule has 0 unspecified atom stereocenters. The molecule has 0 bridgehead atoms. The van der Waals surface area contributed by atoms with Crippen LogP contribution in [0.25, 0.3) is 10.8 Å². The van der Waals surface area contributed by atoms with Crippen molar-refractivity contribution in [3.8, 4) is 10.8 Å². The summed E-state index contributed by atoms with van der Waals surface area (Å²) < 4.78 is 6.06. The molecule has 2 aromatic rings. The molecular formula is C6H3BrN2OS. The smallest absolute Gasteiger partial charge is 0.257 e. The molecule has 56 valence electrons. The molecule has 2 heterocycles. The first-order valence-corrected chi connectivity index (χ1v) is 4.49. The second-order valence-corrected chi connectivity index (χ2v) is 4.31. The zero-order valence-electron chi connectivity index (χ0n) is 5.32. The minimum atomic E-state index is 0.570. The van der Waals surface area contributed by atoms with Gasteiger partial charge in [-0.25, -0.2) is 0 Å². The third-order valence-corrected chi connectivity index (χ3v) is 2.76. The fraction of sp³-hybridized carbons (Fsp3) is 0. The number of hydrogen-bond donors (Lipinski definition) is 0. The zero-order valence-corrected chi connectivity index (χ0v) is 7.72. The van der Waals surface area contributed by atoms with Crippen LogP contribution in [0.4, 0.5) is 0 Å². The molecule has 0 radical (unpaired) electrons. The SMILES string of the molecule is Brc1ccc(-c2nnco2)s1. The first-order chi connectivity index (χ1) is 5.36. The van der Waals surface area contributed by atoms with Gasteiger partial charge in [-0.1, -0.05) is 0 Å². The molecule has 11 heavy (non-hydrogen) atoms. The lowest BCUT2D eigenvalue weighted by molar-refractivity contribution is 0.570. The van der Waals surface area contributed by atoms with Gasteiger partial charge in [0.1, 0.15) is 0 Å². The van der Waals surface area contributed by atoms with Gasteiger partial charge >= 0.3 is 0 Å². The van der Waals surface area contributed by atoms with Gasteiger partial charge in [-0.3, -0.25) is 0 Å². The quantitative estimate of drug-likeness (QED) is 0.756. The van der Waals surface area contributed by atoms with E-state index in [4.69, 9.17) is 4.42 Å². The second-order valence-electron chi connectivity index (χ2n) is 1.85. The first kappa shape index (κ1) is 7.00. The highest BCUT2D eigenvalue weighted by Crippen LogP contribution is 2.29. The van der Waals surface area contributed by atoms with Gasteiger partial charge < -0.3 is 4.42 Å². The van der Waals surface area contributed by atoms with Crippen molar-refractivity contribution in [2.45, 2.75) is 0 Å². The third-order valence-electron chi connectivity index (χ3n) is 1.14. The van der Waals surface area contributed by atoms with E-state index in [0.29, 0.717) is 5.89 Å². The summed E-state index contributed by atoms with van der Waals surface area (Å²) in [6.07, 6.45) is 1.32. The maximum atomic E-state index is 5.00. The van der Waals surface area contributed by atoms with E-state index in [1.807, 2.05) is 12.1 Å². The van der Waals surface area contributed by atoms with Gasteiger partial charge in [0.05, 0.1) is 8.66 Å². The van der Waals surface area contributed by atoms with Crippen LogP contribution in [0, 0.1) is 0 Å². The van der Waals surface area contributed by atoms with Crippen molar-refractivity contribution in [3.05, 3.63) is 22.3 Å². The molecule has 0 saturated heterocycles. The summed E-state index contributed by atoms with van der Waals surface area (Å²) in [5.41, 5.74) is 0. The van der Waals surface area contributed by atoms with Gasteiger partial charge in [-0.05, 0) is 28.1 Å². The summed E-state index contributed by atoms with van der Waals surface area (Å²) in [7, 11) is 0. The van der Waals surface area contributed by atoms with Gasteiger partial charge in [0, 0.05) is 0 Å². The van der Waals surface area contributed by atoms with Crippen molar-refractivity contribution in [1.29, 1.82) is 0 Å². The lowest BCUT2D eigenvalue weighted by Crippen LogP contribution is -1.69. The van der Waals surface area contributed by atoms with E-state index in [2.05, 4.69) is 26.1 Å². The Kier molecular flexibility index (Phi) is 1.75. The summed E-state index contributed by atoms with van der Waals surface area (Å²) in [6, 6.07) is 3.88. The van der Waals surface area contributed by atoms with Crippen molar-refractivity contribution < 1.29 is 4.42 Å². The minimum absolute atomic E-state index is 0.570. The molecule has 0 amide bonds. The van der Waals surface area contributed by atoms with Gasteiger partial charge in [-0.2, -0.15) is 0 Å². The summed E-state index contributed by atoms with van der Waals surface area (Å²) in [5.74, 6) is 0.570. The average Bonchev–Trinajstić information content (AvgIpc) is 2.55. The van der Waals surface area contributed by atoms with Crippen LogP contribution < -0.4 is 0 Å². The van der Waals surface area contributed by atoms with Crippen LogP contribution in [-0.4, -0.2) is 10.2 Å². The van der Waals surface area contributed by atoms with Crippen LogP contribution in [0.1, 0.15) is 0 Å². The number of rotatable bonds is 1. The van der Waals surface area contributed by atoms with Crippen molar-refractivity contribution in [1.82, 2.24) is 10.2 Å². The standard InChI is InChI=1S/C6H3BrN2OS/c7-5-2-1-4(11-5)6-9-8-3-10-6/h1-3H. The Morgan fingerprint density at radius 3 is 2.91 bits per heavy atom. The average molecular weight is 231 g/mol. The molecule has 0 N–H and O–H groups in total. The van der Waals surface area contributed by atoms with Crippen molar-refractivity contribution in [3.63, 3.8) is 0 Å². The van der Waals surface area contributed by atoms with Crippen molar-refractivity contribution in [2.75, 3.05) is 0 Å². The Bertz CT molecular complexity index is 343. The highest BCUT2D eigenvalue weighted by molar-refractivity contribution is 9.11. The minimum Gasteiger partial charge on any atom is -0.423 e. The molecule has 0 aliphatic rings. The lowest BCUT2D eigenvalue weighted by Gasteiger charge is -1.81. The predicted octanol–water partition coefficient (Wildman–Crippen LogP) is 2.56. The van der Waals surface area contributed by atoms with Gasteiger partial charge in [-0.15, -0.1) is 21.5 Å². The van der Waals surface area contributed by atoms with Gasteiger partial charge in [0.25, 0.3) is 5.89 Å². The lowest BCUT2D eigenvalue weighted by atomic mass is 10.5. The number of thiophene rings is 1.